The topological polar surface area (TPSA) is 110 Å². The molecule has 192 valence electrons. The molecule has 0 saturated heterocycles. The molecular weight excluding hydrogens is 454 g/mol. The normalized spacial score (nSPS) is 11.3. The molecule has 1 atom stereocenters. The minimum Gasteiger partial charge on any atom is -0.462 e. The smallest absolute Gasteiger partial charge is 0.330 e. The molecule has 7 nitrogen and oxygen atoms in total. The molecule has 1 unspecified atom stereocenters. The molecule has 1 aromatic carbocycles. The van der Waals surface area contributed by atoms with Crippen LogP contribution in [0.5, 0.6) is 0 Å². The Labute approximate surface area is 205 Å². The van der Waals surface area contributed by atoms with E-state index in [1.807, 2.05) is 36.4 Å². The van der Waals surface area contributed by atoms with Crippen LogP contribution in [-0.4, -0.2) is 42.7 Å². The second-order valence-electron chi connectivity index (χ2n) is 8.17. The number of carbonyl (C=O) groups is 2. The molecule has 1 rings (SSSR count). The van der Waals surface area contributed by atoms with Gasteiger partial charge in [0.2, 0.25) is 5.91 Å². The van der Waals surface area contributed by atoms with Crippen molar-refractivity contribution in [3.8, 4) is 0 Å². The number of hydrogen-bond donors (Lipinski definition) is 2. The first kappa shape index (κ1) is 33.5. The molecule has 0 spiro atoms. The van der Waals surface area contributed by atoms with E-state index in [9.17, 15) is 18.0 Å². The van der Waals surface area contributed by atoms with Crippen LogP contribution in [0, 0.1) is 5.92 Å². The monoisotopic (exact) mass is 495 g/mol. The average Bonchev–Trinajstić information content (AvgIpc) is 2.78. The molecule has 1 amide bonds. The second-order valence-corrected chi connectivity index (χ2v) is 9.62. The predicted octanol–water partition coefficient (Wildman–Crippen LogP) is 5.22. The van der Waals surface area contributed by atoms with Crippen molar-refractivity contribution < 1.29 is 27.3 Å². The van der Waals surface area contributed by atoms with Crippen molar-refractivity contribution in [1.82, 2.24) is 5.32 Å². The molecular formula is C26H41NO6S. The van der Waals surface area contributed by atoms with Crippen molar-refractivity contribution in [3.63, 3.8) is 0 Å². The number of carbonyl (C=O) groups excluding carboxylic acids is 2. The van der Waals surface area contributed by atoms with E-state index in [2.05, 4.69) is 38.9 Å². The van der Waals surface area contributed by atoms with Gasteiger partial charge >= 0.3 is 5.97 Å². The number of nitrogens with one attached hydrogen (secondary N) is 1. The van der Waals surface area contributed by atoms with Crippen LogP contribution < -0.4 is 5.32 Å². The third kappa shape index (κ3) is 21.2. The zero-order valence-electron chi connectivity index (χ0n) is 21.0. The van der Waals surface area contributed by atoms with Gasteiger partial charge in [-0.15, -0.1) is 0 Å². The highest BCUT2D eigenvalue weighted by Crippen LogP contribution is 2.12. The minimum absolute atomic E-state index is 0.310. The van der Waals surface area contributed by atoms with Crippen LogP contribution in [-0.2, 0) is 24.4 Å². The summed E-state index contributed by atoms with van der Waals surface area (Å²) in [4.78, 5) is 21.6. The lowest BCUT2D eigenvalue weighted by atomic mass is 10.0. The zero-order valence-corrected chi connectivity index (χ0v) is 21.8. The van der Waals surface area contributed by atoms with Gasteiger partial charge in [-0.25, -0.2) is 4.79 Å². The SMILES string of the molecule is C=CC(=O)NC(C)(C)CS(=O)(=O)O.C=CC(=O)OCC(CC)CCCC.C=Cc1ccccc1. The highest BCUT2D eigenvalue weighted by molar-refractivity contribution is 7.85. The first-order valence-electron chi connectivity index (χ1n) is 11.2. The Balaban J connectivity index is 0. The maximum Gasteiger partial charge on any atom is 0.330 e. The van der Waals surface area contributed by atoms with E-state index >= 15 is 0 Å². The third-order valence-corrected chi connectivity index (χ3v) is 5.48. The van der Waals surface area contributed by atoms with Gasteiger partial charge in [0.1, 0.15) is 0 Å². The van der Waals surface area contributed by atoms with Crippen LogP contribution in [0.2, 0.25) is 0 Å². The number of esters is 1. The van der Waals surface area contributed by atoms with Gasteiger partial charge in [-0.1, -0.05) is 89.3 Å². The van der Waals surface area contributed by atoms with Gasteiger partial charge in [-0.3, -0.25) is 9.35 Å². The average molecular weight is 496 g/mol. The highest BCUT2D eigenvalue weighted by atomic mass is 32.2. The van der Waals surface area contributed by atoms with E-state index in [0.29, 0.717) is 12.5 Å². The summed E-state index contributed by atoms with van der Waals surface area (Å²) in [7, 11) is -4.08. The summed E-state index contributed by atoms with van der Waals surface area (Å²) in [5, 5.41) is 2.37. The van der Waals surface area contributed by atoms with Crippen molar-refractivity contribution in [2.75, 3.05) is 12.4 Å². The Morgan fingerprint density at radius 1 is 1.12 bits per heavy atom. The minimum atomic E-state index is -4.08. The maximum absolute atomic E-state index is 10.8. The Morgan fingerprint density at radius 2 is 1.71 bits per heavy atom. The molecule has 0 radical (unpaired) electrons. The van der Waals surface area contributed by atoms with Crippen LogP contribution in [0.15, 0.2) is 62.2 Å². The highest BCUT2D eigenvalue weighted by Gasteiger charge is 2.25. The molecule has 0 heterocycles. The summed E-state index contributed by atoms with van der Waals surface area (Å²) in [6.07, 6.45) is 8.72. The summed E-state index contributed by atoms with van der Waals surface area (Å²) < 4.78 is 34.5. The van der Waals surface area contributed by atoms with Gasteiger partial charge in [-0.2, -0.15) is 8.42 Å². The third-order valence-electron chi connectivity index (χ3n) is 4.40. The molecule has 0 bridgehead atoms. The molecule has 0 aliphatic rings. The molecule has 1 aromatic rings. The Bertz CT molecular complexity index is 847. The van der Waals surface area contributed by atoms with Gasteiger partial charge in [0.05, 0.1) is 17.9 Å². The van der Waals surface area contributed by atoms with Crippen molar-refractivity contribution >= 4 is 28.1 Å². The fourth-order valence-electron chi connectivity index (χ4n) is 2.62. The fourth-order valence-corrected chi connectivity index (χ4v) is 3.61. The largest absolute Gasteiger partial charge is 0.462 e. The Hall–Kier alpha value is -2.71. The second kappa shape index (κ2) is 18.7. The Kier molecular flexibility index (Phi) is 18.4. The van der Waals surface area contributed by atoms with E-state index in [4.69, 9.17) is 9.29 Å². The summed E-state index contributed by atoms with van der Waals surface area (Å²) in [5.41, 5.74) is 0.172. The summed E-state index contributed by atoms with van der Waals surface area (Å²) in [6.45, 7) is 18.0. The van der Waals surface area contributed by atoms with Crippen molar-refractivity contribution in [2.24, 2.45) is 5.92 Å². The van der Waals surface area contributed by atoms with Crippen molar-refractivity contribution in [1.29, 1.82) is 0 Å². The van der Waals surface area contributed by atoms with Gasteiger partial charge in [0, 0.05) is 6.08 Å². The number of benzene rings is 1. The number of hydrogen-bond acceptors (Lipinski definition) is 5. The first-order valence-corrected chi connectivity index (χ1v) is 12.8. The lowest BCUT2D eigenvalue weighted by molar-refractivity contribution is -0.139. The van der Waals surface area contributed by atoms with Crippen LogP contribution in [0.25, 0.3) is 6.08 Å². The van der Waals surface area contributed by atoms with E-state index < -0.39 is 27.3 Å². The van der Waals surface area contributed by atoms with Crippen molar-refractivity contribution in [2.45, 2.75) is 58.9 Å². The van der Waals surface area contributed by atoms with Crippen LogP contribution in [0.4, 0.5) is 0 Å². The van der Waals surface area contributed by atoms with E-state index in [1.165, 1.54) is 38.3 Å². The number of unbranched alkanes of at least 4 members (excludes halogenated alkanes) is 1. The summed E-state index contributed by atoms with van der Waals surface area (Å²) in [6, 6.07) is 10.0. The molecule has 0 fully saturated rings. The van der Waals surface area contributed by atoms with Crippen molar-refractivity contribution in [3.05, 3.63) is 67.8 Å². The zero-order chi connectivity index (χ0) is 26.6. The van der Waals surface area contributed by atoms with Gasteiger partial charge in [0.25, 0.3) is 10.1 Å². The molecule has 0 saturated carbocycles. The van der Waals surface area contributed by atoms with E-state index in [0.717, 1.165) is 18.9 Å². The van der Waals surface area contributed by atoms with Crippen LogP contribution >= 0.6 is 0 Å². The van der Waals surface area contributed by atoms with Gasteiger partial charge in [0.15, 0.2) is 0 Å². The molecule has 0 aliphatic carbocycles. The Morgan fingerprint density at radius 3 is 2.09 bits per heavy atom. The number of rotatable bonds is 12. The summed E-state index contributed by atoms with van der Waals surface area (Å²) in [5.74, 6) is -0.799. The molecule has 8 heteroatoms. The molecule has 34 heavy (non-hydrogen) atoms. The van der Waals surface area contributed by atoms with E-state index in [1.54, 1.807) is 0 Å². The standard InChI is InChI=1S/C11H20O2.C8H8.C7H13NO4S/c1-4-7-8-10(5-2)9-13-11(12)6-3;1-2-8-6-4-3-5-7-8;1-4-6(9)8-7(2,3)5-13(10,11)12/h6,10H,3-5,7-9H2,1-2H3;2-7H,1H2;4H,1,5H2,2-3H3,(H,8,9)(H,10,11,12). The van der Waals surface area contributed by atoms with Gasteiger partial charge < -0.3 is 10.1 Å². The molecule has 2 N–H and O–H groups in total. The van der Waals surface area contributed by atoms with Gasteiger partial charge in [-0.05, 0) is 37.8 Å². The first-order chi connectivity index (χ1) is 15.8. The van der Waals surface area contributed by atoms with E-state index in [-0.39, 0.29) is 5.97 Å². The predicted molar refractivity (Wildman–Crippen MR) is 140 cm³/mol. The quantitative estimate of drug-likeness (QED) is 0.234. The van der Waals surface area contributed by atoms with Crippen LogP contribution in [0.3, 0.4) is 0 Å². The lowest BCUT2D eigenvalue weighted by Gasteiger charge is -2.23. The summed E-state index contributed by atoms with van der Waals surface area (Å²) >= 11 is 0. The molecule has 0 aliphatic heterocycles. The lowest BCUT2D eigenvalue weighted by Crippen LogP contribution is -2.47. The maximum atomic E-state index is 10.8. The van der Waals surface area contributed by atoms with Crippen LogP contribution in [0.1, 0.15) is 58.9 Å². The number of amides is 1. The fraction of sp³-hybridized carbons (Fsp3) is 0.462. The number of ether oxygens (including phenoxy) is 1. The molecule has 0 aromatic heterocycles.